The second-order valence-corrected chi connectivity index (χ2v) is 6.66. The monoisotopic (exact) mass is 355 g/mol. The molecule has 5 nitrogen and oxygen atoms in total. The van der Waals surface area contributed by atoms with Crippen LogP contribution in [0.25, 0.3) is 16.7 Å². The lowest BCUT2D eigenvalue weighted by molar-refractivity contribution is 0.895. The summed E-state index contributed by atoms with van der Waals surface area (Å²) in [6, 6.07) is 11.8. The minimum absolute atomic E-state index is 0.633. The molecule has 0 fully saturated rings. The standard InChI is InChI=1S/C17H14ClN5S/c18-14-5-1-2-6-15(14)23-17-13(10-22-23)16(20-11-21-17)19-8-7-12-4-3-9-24-12/h1-6,9-11H,7-8H2,(H,19,20,21). The highest BCUT2D eigenvalue weighted by molar-refractivity contribution is 7.09. The number of anilines is 1. The molecule has 0 atom stereocenters. The van der Waals surface area contributed by atoms with Gasteiger partial charge in [-0.15, -0.1) is 11.3 Å². The quantitative estimate of drug-likeness (QED) is 0.583. The Balaban J connectivity index is 1.63. The fraction of sp³-hybridized carbons (Fsp3) is 0.118. The first-order valence-electron chi connectivity index (χ1n) is 7.53. The van der Waals surface area contributed by atoms with Gasteiger partial charge in [0.1, 0.15) is 12.1 Å². The van der Waals surface area contributed by atoms with Crippen molar-refractivity contribution in [3.05, 3.63) is 64.2 Å². The molecule has 1 aromatic carbocycles. The van der Waals surface area contributed by atoms with Crippen LogP contribution in [-0.4, -0.2) is 26.3 Å². The Bertz CT molecular complexity index is 964. The van der Waals surface area contributed by atoms with Crippen LogP contribution in [0.4, 0.5) is 5.82 Å². The summed E-state index contributed by atoms with van der Waals surface area (Å²) < 4.78 is 1.74. The van der Waals surface area contributed by atoms with E-state index >= 15 is 0 Å². The molecule has 3 aromatic heterocycles. The van der Waals surface area contributed by atoms with Crippen molar-refractivity contribution in [2.75, 3.05) is 11.9 Å². The molecular formula is C17H14ClN5S. The number of aromatic nitrogens is 4. The van der Waals surface area contributed by atoms with E-state index in [-0.39, 0.29) is 0 Å². The van der Waals surface area contributed by atoms with E-state index in [1.807, 2.05) is 24.3 Å². The SMILES string of the molecule is Clc1ccccc1-n1ncc2c(NCCc3cccs3)ncnc21. The lowest BCUT2D eigenvalue weighted by Crippen LogP contribution is -2.06. The summed E-state index contributed by atoms with van der Waals surface area (Å²) in [6.07, 6.45) is 4.28. The summed E-state index contributed by atoms with van der Waals surface area (Å²) in [6.45, 7) is 0.809. The average Bonchev–Trinajstić information content (AvgIpc) is 3.25. The zero-order valence-electron chi connectivity index (χ0n) is 12.7. The van der Waals surface area contributed by atoms with Gasteiger partial charge in [-0.3, -0.25) is 0 Å². The molecule has 0 saturated carbocycles. The molecule has 3 heterocycles. The Labute approximate surface area is 147 Å². The molecule has 0 aliphatic rings. The van der Waals surface area contributed by atoms with E-state index in [1.54, 1.807) is 28.5 Å². The van der Waals surface area contributed by atoms with E-state index in [4.69, 9.17) is 11.6 Å². The molecule has 1 N–H and O–H groups in total. The van der Waals surface area contributed by atoms with E-state index < -0.39 is 0 Å². The highest BCUT2D eigenvalue weighted by Gasteiger charge is 2.12. The number of hydrogen-bond acceptors (Lipinski definition) is 5. The predicted molar refractivity (Wildman–Crippen MR) is 98.2 cm³/mol. The Kier molecular flexibility index (Phi) is 4.15. The van der Waals surface area contributed by atoms with Crippen LogP contribution < -0.4 is 5.32 Å². The fourth-order valence-electron chi connectivity index (χ4n) is 2.54. The van der Waals surface area contributed by atoms with E-state index in [1.165, 1.54) is 4.88 Å². The van der Waals surface area contributed by atoms with Gasteiger partial charge in [0.15, 0.2) is 5.65 Å². The summed E-state index contributed by atoms with van der Waals surface area (Å²) in [7, 11) is 0. The Hall–Kier alpha value is -2.44. The molecule has 4 rings (SSSR count). The predicted octanol–water partition coefficient (Wildman–Crippen LogP) is 4.19. The minimum atomic E-state index is 0.633. The molecule has 0 bridgehead atoms. The van der Waals surface area contributed by atoms with Gasteiger partial charge in [0, 0.05) is 11.4 Å². The van der Waals surface area contributed by atoms with Gasteiger partial charge >= 0.3 is 0 Å². The van der Waals surface area contributed by atoms with E-state index in [9.17, 15) is 0 Å². The molecule has 7 heteroatoms. The fourth-order valence-corrected chi connectivity index (χ4v) is 3.47. The Morgan fingerprint density at radius 3 is 2.88 bits per heavy atom. The first kappa shape index (κ1) is 15.1. The van der Waals surface area contributed by atoms with Crippen molar-refractivity contribution in [3.8, 4) is 5.69 Å². The first-order valence-corrected chi connectivity index (χ1v) is 8.78. The Morgan fingerprint density at radius 2 is 2.04 bits per heavy atom. The number of rotatable bonds is 5. The van der Waals surface area contributed by atoms with Crippen LogP contribution in [0.2, 0.25) is 5.02 Å². The van der Waals surface area contributed by atoms with Gasteiger partial charge in [-0.2, -0.15) is 5.10 Å². The molecular weight excluding hydrogens is 342 g/mol. The lowest BCUT2D eigenvalue weighted by atomic mass is 10.3. The molecule has 0 aliphatic carbocycles. The van der Waals surface area contributed by atoms with Crippen molar-refractivity contribution in [2.45, 2.75) is 6.42 Å². The van der Waals surface area contributed by atoms with Gasteiger partial charge in [0.05, 0.1) is 22.3 Å². The molecule has 0 saturated heterocycles. The van der Waals surface area contributed by atoms with Crippen molar-refractivity contribution in [3.63, 3.8) is 0 Å². The normalized spacial score (nSPS) is 11.0. The number of nitrogens with one attached hydrogen (secondary N) is 1. The maximum atomic E-state index is 6.28. The molecule has 0 amide bonds. The maximum Gasteiger partial charge on any atom is 0.168 e. The average molecular weight is 356 g/mol. The van der Waals surface area contributed by atoms with Crippen molar-refractivity contribution in [2.24, 2.45) is 0 Å². The third-order valence-electron chi connectivity index (χ3n) is 3.69. The van der Waals surface area contributed by atoms with E-state index in [0.717, 1.165) is 35.5 Å². The topological polar surface area (TPSA) is 55.6 Å². The van der Waals surface area contributed by atoms with Crippen LogP contribution in [0.3, 0.4) is 0 Å². The van der Waals surface area contributed by atoms with E-state index in [2.05, 4.69) is 37.9 Å². The van der Waals surface area contributed by atoms with Crippen LogP contribution in [0, 0.1) is 0 Å². The second kappa shape index (κ2) is 6.59. The summed E-state index contributed by atoms with van der Waals surface area (Å²) in [5, 5.41) is 11.4. The summed E-state index contributed by atoms with van der Waals surface area (Å²) in [4.78, 5) is 10.1. The summed E-state index contributed by atoms with van der Waals surface area (Å²) >= 11 is 8.04. The second-order valence-electron chi connectivity index (χ2n) is 5.22. The number of para-hydroxylation sites is 1. The van der Waals surface area contributed by atoms with Crippen molar-refractivity contribution in [1.82, 2.24) is 19.7 Å². The largest absolute Gasteiger partial charge is 0.369 e. The number of nitrogens with zero attached hydrogens (tertiary/aromatic N) is 4. The molecule has 24 heavy (non-hydrogen) atoms. The van der Waals surface area contributed by atoms with Crippen LogP contribution in [0.15, 0.2) is 54.3 Å². The number of thiophene rings is 1. The number of benzene rings is 1. The molecule has 0 radical (unpaired) electrons. The first-order chi connectivity index (χ1) is 11.8. The van der Waals surface area contributed by atoms with Crippen molar-refractivity contribution in [1.29, 1.82) is 0 Å². The van der Waals surface area contributed by atoms with Crippen molar-refractivity contribution < 1.29 is 0 Å². The van der Waals surface area contributed by atoms with Gasteiger partial charge in [-0.05, 0) is 30.0 Å². The maximum absolute atomic E-state index is 6.28. The summed E-state index contributed by atoms with van der Waals surface area (Å²) in [5.74, 6) is 0.787. The van der Waals surface area contributed by atoms with Gasteiger partial charge in [0.2, 0.25) is 0 Å². The van der Waals surface area contributed by atoms with Crippen LogP contribution in [0.5, 0.6) is 0 Å². The molecule has 120 valence electrons. The number of fused-ring (bicyclic) bond motifs is 1. The highest BCUT2D eigenvalue weighted by Crippen LogP contribution is 2.25. The molecule has 0 unspecified atom stereocenters. The zero-order chi connectivity index (χ0) is 16.4. The Morgan fingerprint density at radius 1 is 1.12 bits per heavy atom. The lowest BCUT2D eigenvalue weighted by Gasteiger charge is -2.07. The van der Waals surface area contributed by atoms with Gasteiger partial charge in [-0.25, -0.2) is 14.6 Å². The van der Waals surface area contributed by atoms with E-state index in [0.29, 0.717) is 5.02 Å². The highest BCUT2D eigenvalue weighted by atomic mass is 35.5. The van der Waals surface area contributed by atoms with Crippen molar-refractivity contribution >= 4 is 39.8 Å². The summed E-state index contributed by atoms with van der Waals surface area (Å²) in [5.41, 5.74) is 1.54. The molecule has 0 aliphatic heterocycles. The third kappa shape index (κ3) is 2.86. The van der Waals surface area contributed by atoms with Crippen LogP contribution in [0.1, 0.15) is 4.88 Å². The molecule has 0 spiro atoms. The number of halogens is 1. The van der Waals surface area contributed by atoms with Gasteiger partial charge < -0.3 is 5.32 Å². The minimum Gasteiger partial charge on any atom is -0.369 e. The smallest absolute Gasteiger partial charge is 0.168 e. The van der Waals surface area contributed by atoms with Gasteiger partial charge in [-0.1, -0.05) is 29.8 Å². The number of hydrogen-bond donors (Lipinski definition) is 1. The van der Waals surface area contributed by atoms with Crippen LogP contribution >= 0.6 is 22.9 Å². The van der Waals surface area contributed by atoms with Gasteiger partial charge in [0.25, 0.3) is 0 Å². The zero-order valence-corrected chi connectivity index (χ0v) is 14.3. The van der Waals surface area contributed by atoms with Crippen LogP contribution in [-0.2, 0) is 6.42 Å². The third-order valence-corrected chi connectivity index (χ3v) is 4.95. The molecule has 4 aromatic rings.